The average molecular weight is 202 g/mol. The molecular formula is C13H15NO. The van der Waals surface area contributed by atoms with Gasteiger partial charge >= 0.3 is 0 Å². The molecule has 1 aliphatic heterocycles. The number of fused-ring (bicyclic) bond motifs is 2. The van der Waals surface area contributed by atoms with Crippen LogP contribution < -0.4 is 4.90 Å². The molecule has 1 aromatic carbocycles. The summed E-state index contributed by atoms with van der Waals surface area (Å²) in [5.74, 6) is -0.0521. The monoisotopic (exact) mass is 202 g/mol. The van der Waals surface area contributed by atoms with E-state index in [2.05, 4.69) is 6.07 Å². The normalized spacial score (nSPS) is 31.3. The second-order valence-electron chi connectivity index (χ2n) is 4.56. The number of para-hydroxylation sites is 1. The number of carbonyl (C=O) groups is 1. The molecular weight excluding hydrogens is 186 g/mol. The minimum absolute atomic E-state index is 0.0521. The molecule has 15 heavy (non-hydrogen) atoms. The van der Waals surface area contributed by atoms with Gasteiger partial charge in [0.15, 0.2) is 5.78 Å². The van der Waals surface area contributed by atoms with Gasteiger partial charge in [0.25, 0.3) is 0 Å². The smallest absolute Gasteiger partial charge is 0.153 e. The molecule has 2 nitrogen and oxygen atoms in total. The standard InChI is InChI=1S/C13H15NO/c1-9(15)12-13(7-8-13)10-5-3-4-6-11(10)14(12)2/h3-6,12H,7-8H2,1-2H3/i12D. The molecule has 1 atom stereocenters. The van der Waals surface area contributed by atoms with E-state index in [-0.39, 0.29) is 11.2 Å². The third-order valence-corrected chi connectivity index (χ3v) is 3.65. The fourth-order valence-corrected chi connectivity index (χ4v) is 2.94. The van der Waals surface area contributed by atoms with Crippen LogP contribution in [-0.4, -0.2) is 18.8 Å². The van der Waals surface area contributed by atoms with Crippen LogP contribution in [-0.2, 0) is 10.2 Å². The van der Waals surface area contributed by atoms with Gasteiger partial charge in [0.2, 0.25) is 0 Å². The summed E-state index contributed by atoms with van der Waals surface area (Å²) in [6, 6.07) is 6.96. The molecule has 3 rings (SSSR count). The highest BCUT2D eigenvalue weighted by Crippen LogP contribution is 2.59. The van der Waals surface area contributed by atoms with E-state index < -0.39 is 6.02 Å². The van der Waals surface area contributed by atoms with E-state index in [0.717, 1.165) is 18.5 Å². The molecule has 2 aliphatic rings. The van der Waals surface area contributed by atoms with Crippen molar-refractivity contribution in [2.24, 2.45) is 0 Å². The van der Waals surface area contributed by atoms with Crippen molar-refractivity contribution in [3.05, 3.63) is 29.8 Å². The lowest BCUT2D eigenvalue weighted by molar-refractivity contribution is -0.118. The fourth-order valence-electron chi connectivity index (χ4n) is 2.94. The number of anilines is 1. The second kappa shape index (κ2) is 2.63. The predicted octanol–water partition coefficient (Wildman–Crippen LogP) is 2.13. The Hall–Kier alpha value is -1.31. The van der Waals surface area contributed by atoms with Crippen LogP contribution >= 0.6 is 0 Å². The molecule has 0 radical (unpaired) electrons. The number of likely N-dealkylation sites (N-methyl/N-ethyl adjacent to an activating group) is 1. The molecule has 2 heteroatoms. The molecule has 1 saturated carbocycles. The first-order valence-corrected chi connectivity index (χ1v) is 5.38. The first kappa shape index (κ1) is 7.91. The van der Waals surface area contributed by atoms with Crippen LogP contribution in [0.1, 0.15) is 26.7 Å². The van der Waals surface area contributed by atoms with Crippen molar-refractivity contribution < 1.29 is 6.17 Å². The van der Waals surface area contributed by atoms with Crippen molar-refractivity contribution in [2.45, 2.75) is 31.2 Å². The molecule has 0 bridgehead atoms. The lowest BCUT2D eigenvalue weighted by Gasteiger charge is -2.24. The number of rotatable bonds is 1. The van der Waals surface area contributed by atoms with Crippen LogP contribution in [0.25, 0.3) is 0 Å². The minimum Gasteiger partial charge on any atom is -0.363 e. The minimum atomic E-state index is -1.09. The number of ketones is 1. The number of nitrogens with zero attached hydrogens (tertiary/aromatic N) is 1. The Bertz CT molecular complexity index is 481. The quantitative estimate of drug-likeness (QED) is 0.695. The van der Waals surface area contributed by atoms with Crippen molar-refractivity contribution in [3.63, 3.8) is 0 Å². The predicted molar refractivity (Wildman–Crippen MR) is 60.2 cm³/mol. The first-order valence-electron chi connectivity index (χ1n) is 5.88. The van der Waals surface area contributed by atoms with Gasteiger partial charge in [0, 0.05) is 18.2 Å². The fraction of sp³-hybridized carbons (Fsp3) is 0.462. The van der Waals surface area contributed by atoms with E-state index in [0.29, 0.717) is 0 Å². The zero-order chi connectivity index (χ0) is 11.6. The van der Waals surface area contributed by atoms with E-state index >= 15 is 0 Å². The van der Waals surface area contributed by atoms with Crippen molar-refractivity contribution in [1.29, 1.82) is 0 Å². The Morgan fingerprint density at radius 1 is 1.53 bits per heavy atom. The van der Waals surface area contributed by atoms with E-state index in [9.17, 15) is 4.79 Å². The largest absolute Gasteiger partial charge is 0.363 e. The van der Waals surface area contributed by atoms with Gasteiger partial charge in [0.1, 0.15) is 0 Å². The molecule has 1 heterocycles. The number of hydrogen-bond acceptors (Lipinski definition) is 2. The molecule has 1 aromatic rings. The van der Waals surface area contributed by atoms with Crippen LogP contribution in [0.5, 0.6) is 0 Å². The highest BCUT2D eigenvalue weighted by molar-refractivity contribution is 5.91. The van der Waals surface area contributed by atoms with Gasteiger partial charge in [0.05, 0.1) is 7.39 Å². The van der Waals surface area contributed by atoms with Gasteiger partial charge in [-0.3, -0.25) is 4.79 Å². The zero-order valence-corrected chi connectivity index (χ0v) is 9.08. The lowest BCUT2D eigenvalue weighted by atomic mass is 9.89. The summed E-state index contributed by atoms with van der Waals surface area (Å²) in [6.45, 7) is 1.54. The highest BCUT2D eigenvalue weighted by atomic mass is 16.1. The second-order valence-corrected chi connectivity index (χ2v) is 4.56. The molecule has 0 amide bonds. The number of Topliss-reactive ketones (excluding diaryl/α,β-unsaturated/α-hetero) is 1. The lowest BCUT2D eigenvalue weighted by Crippen LogP contribution is -2.40. The van der Waals surface area contributed by atoms with E-state index in [1.54, 1.807) is 0 Å². The molecule has 78 valence electrons. The summed E-state index contributed by atoms with van der Waals surface area (Å²) in [5, 5.41) is 0. The van der Waals surface area contributed by atoms with Crippen molar-refractivity contribution in [1.82, 2.24) is 0 Å². The van der Waals surface area contributed by atoms with Gasteiger partial charge in [-0.1, -0.05) is 18.2 Å². The maximum Gasteiger partial charge on any atom is 0.153 e. The maximum atomic E-state index is 11.9. The Balaban J connectivity index is 2.26. The molecule has 1 aliphatic carbocycles. The van der Waals surface area contributed by atoms with E-state index in [1.807, 2.05) is 30.1 Å². The number of benzene rings is 1. The Labute approximate surface area is 91.3 Å². The van der Waals surface area contributed by atoms with Gasteiger partial charge in [-0.25, -0.2) is 0 Å². The Kier molecular flexibility index (Phi) is 1.39. The Morgan fingerprint density at radius 3 is 2.80 bits per heavy atom. The van der Waals surface area contributed by atoms with Crippen molar-refractivity contribution >= 4 is 11.5 Å². The van der Waals surface area contributed by atoms with Crippen LogP contribution in [0.3, 0.4) is 0 Å². The molecule has 0 aromatic heterocycles. The van der Waals surface area contributed by atoms with Crippen LogP contribution in [0.4, 0.5) is 5.69 Å². The SMILES string of the molecule is [2H]C1(C(C)=O)N(C)c2ccccc2C12CC2. The summed E-state index contributed by atoms with van der Waals surface area (Å²) in [6.07, 6.45) is 1.91. The number of hydrogen-bond donors (Lipinski definition) is 0. The summed E-state index contributed by atoms with van der Waals surface area (Å²) < 4.78 is 8.57. The van der Waals surface area contributed by atoms with E-state index in [1.165, 1.54) is 12.5 Å². The average Bonchev–Trinajstić information content (AvgIpc) is 3.05. The third kappa shape index (κ3) is 0.969. The topological polar surface area (TPSA) is 20.3 Å². The highest BCUT2D eigenvalue weighted by Gasteiger charge is 2.59. The van der Waals surface area contributed by atoms with Crippen LogP contribution in [0.2, 0.25) is 0 Å². The van der Waals surface area contributed by atoms with Gasteiger partial charge in [-0.15, -0.1) is 0 Å². The van der Waals surface area contributed by atoms with Crippen LogP contribution in [0, 0.1) is 0 Å². The van der Waals surface area contributed by atoms with Crippen LogP contribution in [0.15, 0.2) is 24.3 Å². The van der Waals surface area contributed by atoms with Crippen molar-refractivity contribution in [2.75, 3.05) is 11.9 Å². The first-order chi connectivity index (χ1) is 7.54. The van der Waals surface area contributed by atoms with Gasteiger partial charge in [-0.2, -0.15) is 0 Å². The molecule has 1 unspecified atom stereocenters. The summed E-state index contributed by atoms with van der Waals surface area (Å²) >= 11 is 0. The summed E-state index contributed by atoms with van der Waals surface area (Å²) in [4.78, 5) is 13.7. The number of carbonyl (C=O) groups excluding carboxylic acids is 1. The summed E-state index contributed by atoms with van der Waals surface area (Å²) in [7, 11) is 1.86. The Morgan fingerprint density at radius 2 is 2.20 bits per heavy atom. The molecule has 1 fully saturated rings. The van der Waals surface area contributed by atoms with Crippen molar-refractivity contribution in [3.8, 4) is 0 Å². The molecule has 0 N–H and O–H groups in total. The molecule has 1 spiro atoms. The van der Waals surface area contributed by atoms with E-state index in [4.69, 9.17) is 1.37 Å². The van der Waals surface area contributed by atoms with Gasteiger partial charge < -0.3 is 4.90 Å². The maximum absolute atomic E-state index is 11.9. The zero-order valence-electron chi connectivity index (χ0n) is 10.1. The summed E-state index contributed by atoms with van der Waals surface area (Å²) in [5.41, 5.74) is 2.00. The van der Waals surface area contributed by atoms with Gasteiger partial charge in [-0.05, 0) is 31.4 Å². The molecule has 0 saturated heterocycles. The third-order valence-electron chi connectivity index (χ3n) is 3.65.